The third kappa shape index (κ3) is 3.69. The highest BCUT2D eigenvalue weighted by molar-refractivity contribution is 5.94. The fraction of sp³-hybridized carbons (Fsp3) is 0.0714. The monoisotopic (exact) mass is 288 g/mol. The van der Waals surface area contributed by atoms with E-state index in [1.807, 2.05) is 0 Å². The lowest BCUT2D eigenvalue weighted by molar-refractivity contribution is -0.384. The van der Waals surface area contributed by atoms with E-state index in [1.54, 1.807) is 12.1 Å². The molecule has 2 aromatic rings. The summed E-state index contributed by atoms with van der Waals surface area (Å²) in [5.74, 6) is -0.591. The predicted molar refractivity (Wildman–Crippen MR) is 75.2 cm³/mol. The second-order valence-electron chi connectivity index (χ2n) is 4.35. The van der Waals surface area contributed by atoms with Crippen molar-refractivity contribution in [1.82, 2.24) is 0 Å². The number of phenolic OH excluding ortho intramolecular Hbond substituents is 2. The summed E-state index contributed by atoms with van der Waals surface area (Å²) < 4.78 is 0. The number of nitro benzene ring substituents is 1. The van der Waals surface area contributed by atoms with Gasteiger partial charge in [0.1, 0.15) is 11.5 Å². The van der Waals surface area contributed by atoms with E-state index in [1.165, 1.54) is 12.1 Å². The topological polar surface area (TPSA) is 113 Å². The average Bonchev–Trinajstić information content (AvgIpc) is 2.43. The van der Waals surface area contributed by atoms with Gasteiger partial charge in [0.15, 0.2) is 0 Å². The van der Waals surface area contributed by atoms with E-state index in [4.69, 9.17) is 5.11 Å². The summed E-state index contributed by atoms with van der Waals surface area (Å²) >= 11 is 0. The van der Waals surface area contributed by atoms with Crippen LogP contribution in [-0.4, -0.2) is 21.0 Å². The van der Waals surface area contributed by atoms with Gasteiger partial charge in [-0.2, -0.15) is 0 Å². The standard InChI is InChI=1S/C14H12N2O5/c17-11-4-1-9(2-5-11)7-14(19)15-12-8-10(16(20)21)3-6-13(12)18/h1-6,8,17-18H,7H2,(H,15,19). The van der Waals surface area contributed by atoms with Crippen molar-refractivity contribution in [2.75, 3.05) is 5.32 Å². The Morgan fingerprint density at radius 2 is 1.81 bits per heavy atom. The largest absolute Gasteiger partial charge is 0.508 e. The summed E-state index contributed by atoms with van der Waals surface area (Å²) in [6.07, 6.45) is 0.0163. The minimum absolute atomic E-state index is 0.0163. The summed E-state index contributed by atoms with van der Waals surface area (Å²) in [6, 6.07) is 9.45. The van der Waals surface area contributed by atoms with Crippen LogP contribution in [0.1, 0.15) is 5.56 Å². The summed E-state index contributed by atoms with van der Waals surface area (Å²) in [7, 11) is 0. The molecule has 0 aromatic heterocycles. The van der Waals surface area contributed by atoms with Crippen LogP contribution in [0.5, 0.6) is 11.5 Å². The van der Waals surface area contributed by atoms with Crippen LogP contribution in [-0.2, 0) is 11.2 Å². The van der Waals surface area contributed by atoms with Crippen LogP contribution in [0.4, 0.5) is 11.4 Å². The van der Waals surface area contributed by atoms with Gasteiger partial charge in [-0.05, 0) is 23.8 Å². The van der Waals surface area contributed by atoms with Crippen LogP contribution < -0.4 is 5.32 Å². The molecule has 0 bridgehead atoms. The lowest BCUT2D eigenvalue weighted by Crippen LogP contribution is -2.14. The molecule has 0 aliphatic carbocycles. The molecule has 7 nitrogen and oxygen atoms in total. The SMILES string of the molecule is O=C(Cc1ccc(O)cc1)Nc1cc([N+](=O)[O-])ccc1O. The molecule has 1 amide bonds. The maximum atomic E-state index is 11.8. The molecule has 108 valence electrons. The van der Waals surface area contributed by atoms with E-state index in [-0.39, 0.29) is 29.3 Å². The Balaban J connectivity index is 2.10. The molecule has 0 radical (unpaired) electrons. The van der Waals surface area contributed by atoms with Gasteiger partial charge in [0.05, 0.1) is 17.0 Å². The van der Waals surface area contributed by atoms with E-state index in [0.717, 1.165) is 18.2 Å². The van der Waals surface area contributed by atoms with Gasteiger partial charge in [0.2, 0.25) is 5.91 Å². The smallest absolute Gasteiger partial charge is 0.271 e. The molecular formula is C14H12N2O5. The quantitative estimate of drug-likeness (QED) is 0.453. The fourth-order valence-corrected chi connectivity index (χ4v) is 1.73. The summed E-state index contributed by atoms with van der Waals surface area (Å²) in [6.45, 7) is 0. The molecule has 0 saturated heterocycles. The molecule has 0 fully saturated rings. The molecule has 0 saturated carbocycles. The van der Waals surface area contributed by atoms with Gasteiger partial charge in [-0.25, -0.2) is 0 Å². The number of nitrogens with zero attached hydrogens (tertiary/aromatic N) is 1. The summed E-state index contributed by atoms with van der Waals surface area (Å²) in [5, 5.41) is 31.8. The Kier molecular flexibility index (Phi) is 4.03. The molecule has 2 rings (SSSR count). The van der Waals surface area contributed by atoms with Gasteiger partial charge in [-0.3, -0.25) is 14.9 Å². The van der Waals surface area contributed by atoms with Crippen molar-refractivity contribution in [3.05, 3.63) is 58.1 Å². The van der Waals surface area contributed by atoms with Crippen molar-refractivity contribution >= 4 is 17.3 Å². The maximum absolute atomic E-state index is 11.8. The zero-order valence-corrected chi connectivity index (χ0v) is 10.8. The zero-order chi connectivity index (χ0) is 15.4. The van der Waals surface area contributed by atoms with Crippen LogP contribution in [0.2, 0.25) is 0 Å². The van der Waals surface area contributed by atoms with Gasteiger partial charge < -0.3 is 15.5 Å². The number of phenols is 2. The molecule has 0 heterocycles. The first kappa shape index (κ1) is 14.3. The van der Waals surface area contributed by atoms with Crippen molar-refractivity contribution < 1.29 is 19.9 Å². The lowest BCUT2D eigenvalue weighted by atomic mass is 10.1. The molecule has 0 aliphatic rings. The molecule has 0 unspecified atom stereocenters. The molecule has 2 aromatic carbocycles. The van der Waals surface area contributed by atoms with E-state index >= 15 is 0 Å². The molecule has 3 N–H and O–H groups in total. The molecule has 0 aliphatic heterocycles. The van der Waals surface area contributed by atoms with Crippen LogP contribution in [0.3, 0.4) is 0 Å². The van der Waals surface area contributed by atoms with E-state index in [2.05, 4.69) is 5.32 Å². The molecular weight excluding hydrogens is 276 g/mol. The normalized spacial score (nSPS) is 10.1. The van der Waals surface area contributed by atoms with Crippen molar-refractivity contribution in [1.29, 1.82) is 0 Å². The Morgan fingerprint density at radius 1 is 1.14 bits per heavy atom. The number of amides is 1. The van der Waals surface area contributed by atoms with Crippen molar-refractivity contribution in [2.45, 2.75) is 6.42 Å². The van der Waals surface area contributed by atoms with Crippen LogP contribution in [0, 0.1) is 10.1 Å². The first-order valence-corrected chi connectivity index (χ1v) is 6.01. The number of aromatic hydroxyl groups is 2. The zero-order valence-electron chi connectivity index (χ0n) is 10.8. The first-order chi connectivity index (χ1) is 9.95. The van der Waals surface area contributed by atoms with Gasteiger partial charge in [-0.15, -0.1) is 0 Å². The van der Waals surface area contributed by atoms with Gasteiger partial charge in [-0.1, -0.05) is 12.1 Å². The summed E-state index contributed by atoms with van der Waals surface area (Å²) in [5.41, 5.74) is 0.413. The van der Waals surface area contributed by atoms with E-state index in [0.29, 0.717) is 5.56 Å². The number of non-ortho nitro benzene ring substituents is 1. The van der Waals surface area contributed by atoms with E-state index in [9.17, 15) is 20.0 Å². The number of hydrogen-bond donors (Lipinski definition) is 3. The number of anilines is 1. The van der Waals surface area contributed by atoms with Crippen molar-refractivity contribution in [3.8, 4) is 11.5 Å². The van der Waals surface area contributed by atoms with Crippen molar-refractivity contribution in [2.24, 2.45) is 0 Å². The third-order valence-corrected chi connectivity index (χ3v) is 2.77. The number of hydrogen-bond acceptors (Lipinski definition) is 5. The van der Waals surface area contributed by atoms with E-state index < -0.39 is 10.8 Å². The average molecular weight is 288 g/mol. The fourth-order valence-electron chi connectivity index (χ4n) is 1.73. The lowest BCUT2D eigenvalue weighted by Gasteiger charge is -2.07. The second-order valence-corrected chi connectivity index (χ2v) is 4.35. The minimum atomic E-state index is -0.616. The highest BCUT2D eigenvalue weighted by Crippen LogP contribution is 2.27. The van der Waals surface area contributed by atoms with Gasteiger partial charge >= 0.3 is 0 Å². The van der Waals surface area contributed by atoms with Crippen LogP contribution in [0.25, 0.3) is 0 Å². The number of nitrogens with one attached hydrogen (secondary N) is 1. The third-order valence-electron chi connectivity index (χ3n) is 2.77. The molecule has 0 atom stereocenters. The molecule has 0 spiro atoms. The maximum Gasteiger partial charge on any atom is 0.271 e. The Hall–Kier alpha value is -3.09. The second kappa shape index (κ2) is 5.91. The Bertz CT molecular complexity index is 682. The van der Waals surface area contributed by atoms with Crippen LogP contribution in [0.15, 0.2) is 42.5 Å². The number of carbonyl (C=O) groups excluding carboxylic acids is 1. The van der Waals surface area contributed by atoms with Crippen molar-refractivity contribution in [3.63, 3.8) is 0 Å². The minimum Gasteiger partial charge on any atom is -0.508 e. The predicted octanol–water partition coefficient (Wildman–Crippen LogP) is 2.19. The number of rotatable bonds is 4. The molecule has 7 heteroatoms. The Labute approximate surface area is 119 Å². The number of benzene rings is 2. The highest BCUT2D eigenvalue weighted by Gasteiger charge is 2.13. The molecule has 21 heavy (non-hydrogen) atoms. The number of nitro groups is 1. The first-order valence-electron chi connectivity index (χ1n) is 6.01. The number of carbonyl (C=O) groups is 1. The highest BCUT2D eigenvalue weighted by atomic mass is 16.6. The van der Waals surface area contributed by atoms with Gasteiger partial charge in [0.25, 0.3) is 5.69 Å². The summed E-state index contributed by atoms with van der Waals surface area (Å²) in [4.78, 5) is 21.9. The van der Waals surface area contributed by atoms with Crippen LogP contribution >= 0.6 is 0 Å². The van der Waals surface area contributed by atoms with Gasteiger partial charge in [0, 0.05) is 12.1 Å². The Morgan fingerprint density at radius 3 is 2.43 bits per heavy atom.